The topological polar surface area (TPSA) is 29.5 Å². The average molecular weight is 330 g/mol. The second-order valence-corrected chi connectivity index (χ2v) is 6.71. The number of hydrogen-bond acceptors (Lipinski definition) is 3. The second kappa shape index (κ2) is 8.42. The van der Waals surface area contributed by atoms with Crippen molar-refractivity contribution in [3.63, 3.8) is 0 Å². The first-order valence-corrected chi connectivity index (χ1v) is 9.32. The smallest absolute Gasteiger partial charge is 0.121 e. The fourth-order valence-corrected chi connectivity index (χ4v) is 3.26. The maximum atomic E-state index is 9.89. The molecule has 0 bridgehead atoms. The van der Waals surface area contributed by atoms with E-state index in [0.29, 0.717) is 12.4 Å². The van der Waals surface area contributed by atoms with Gasteiger partial charge in [-0.3, -0.25) is 0 Å². The van der Waals surface area contributed by atoms with E-state index in [1.54, 1.807) is 11.8 Å². The van der Waals surface area contributed by atoms with Gasteiger partial charge in [-0.1, -0.05) is 24.3 Å². The molecule has 0 amide bonds. The second-order valence-electron chi connectivity index (χ2n) is 5.83. The third-order valence-electron chi connectivity index (χ3n) is 4.10. The molecule has 0 aliphatic carbocycles. The van der Waals surface area contributed by atoms with E-state index in [1.165, 1.54) is 16.0 Å². The van der Waals surface area contributed by atoms with Crippen LogP contribution in [0.3, 0.4) is 0 Å². The summed E-state index contributed by atoms with van der Waals surface area (Å²) in [6.45, 7) is 6.65. The number of aromatic hydroxyl groups is 1. The minimum absolute atomic E-state index is 0.116. The van der Waals surface area contributed by atoms with Gasteiger partial charge in [0.15, 0.2) is 0 Å². The van der Waals surface area contributed by atoms with Crippen LogP contribution in [0.4, 0.5) is 0 Å². The van der Waals surface area contributed by atoms with E-state index in [2.05, 4.69) is 42.7 Å². The van der Waals surface area contributed by atoms with Crippen molar-refractivity contribution in [3.05, 3.63) is 58.7 Å². The first kappa shape index (κ1) is 17.9. The fraction of sp³-hybridized carbons (Fsp3) is 0.400. The lowest BCUT2D eigenvalue weighted by molar-refractivity contribution is 0.0564. The zero-order chi connectivity index (χ0) is 16.8. The molecule has 0 fully saturated rings. The maximum absolute atomic E-state index is 9.89. The van der Waals surface area contributed by atoms with Crippen LogP contribution in [0.1, 0.15) is 41.7 Å². The quantitative estimate of drug-likeness (QED) is 0.685. The first-order valence-electron chi connectivity index (χ1n) is 8.09. The molecule has 1 N–H and O–H groups in total. The molecule has 0 heterocycles. The van der Waals surface area contributed by atoms with E-state index in [-0.39, 0.29) is 6.10 Å². The van der Waals surface area contributed by atoms with Gasteiger partial charge in [0.25, 0.3) is 0 Å². The summed E-state index contributed by atoms with van der Waals surface area (Å²) in [4.78, 5) is 1.27. The van der Waals surface area contributed by atoms with Gasteiger partial charge < -0.3 is 9.84 Å². The number of benzene rings is 2. The first-order chi connectivity index (χ1) is 11.0. The summed E-state index contributed by atoms with van der Waals surface area (Å²) in [6.07, 6.45) is 4.09. The summed E-state index contributed by atoms with van der Waals surface area (Å²) < 4.78 is 5.95. The monoisotopic (exact) mass is 330 g/mol. The number of thioether (sulfide) groups is 1. The third kappa shape index (κ3) is 4.76. The molecule has 3 heteroatoms. The molecule has 2 rings (SSSR count). The molecule has 0 aliphatic heterocycles. The van der Waals surface area contributed by atoms with E-state index >= 15 is 0 Å². The van der Waals surface area contributed by atoms with Gasteiger partial charge >= 0.3 is 0 Å². The Morgan fingerprint density at radius 1 is 1.09 bits per heavy atom. The average Bonchev–Trinajstić information content (AvgIpc) is 2.56. The molecule has 23 heavy (non-hydrogen) atoms. The van der Waals surface area contributed by atoms with Gasteiger partial charge in [0.05, 0.1) is 6.10 Å². The summed E-state index contributed by atoms with van der Waals surface area (Å²) in [5, 5.41) is 9.89. The van der Waals surface area contributed by atoms with Crippen LogP contribution in [0.2, 0.25) is 0 Å². The third-order valence-corrected chi connectivity index (χ3v) is 4.85. The zero-order valence-corrected chi connectivity index (χ0v) is 15.2. The number of hydrogen-bond donors (Lipinski definition) is 1. The van der Waals surface area contributed by atoms with E-state index < -0.39 is 0 Å². The van der Waals surface area contributed by atoms with Crippen molar-refractivity contribution < 1.29 is 9.84 Å². The van der Waals surface area contributed by atoms with Gasteiger partial charge in [0.1, 0.15) is 5.75 Å². The summed E-state index contributed by atoms with van der Waals surface area (Å²) in [5.74, 6) is 0.405. The number of ether oxygens (including phenoxy) is 1. The standard InChI is InChI=1S/C20H26O2S/c1-5-22-19(17-7-9-18(23-4)10-8-17)11-6-16-12-14(2)20(21)15(3)13-16/h7-10,12-13,19,21H,5-6,11H2,1-4H3. The highest BCUT2D eigenvalue weighted by molar-refractivity contribution is 7.98. The van der Waals surface area contributed by atoms with Gasteiger partial charge in [0, 0.05) is 11.5 Å². The van der Waals surface area contributed by atoms with Crippen LogP contribution < -0.4 is 0 Å². The number of phenolic OH excluding ortho intramolecular Hbond substituents is 1. The fourth-order valence-electron chi connectivity index (χ4n) is 2.85. The molecular formula is C20H26O2S. The number of rotatable bonds is 7. The largest absolute Gasteiger partial charge is 0.507 e. The van der Waals surface area contributed by atoms with Crippen molar-refractivity contribution in [1.29, 1.82) is 0 Å². The molecule has 0 radical (unpaired) electrons. The summed E-state index contributed by atoms with van der Waals surface area (Å²) in [5.41, 5.74) is 4.37. The van der Waals surface area contributed by atoms with E-state index in [4.69, 9.17) is 4.74 Å². The lowest BCUT2D eigenvalue weighted by Gasteiger charge is -2.18. The zero-order valence-electron chi connectivity index (χ0n) is 14.4. The molecule has 0 aliphatic rings. The van der Waals surface area contributed by atoms with Crippen molar-refractivity contribution in [3.8, 4) is 5.75 Å². The number of phenols is 1. The van der Waals surface area contributed by atoms with Crippen LogP contribution in [-0.4, -0.2) is 18.0 Å². The molecular weight excluding hydrogens is 304 g/mol. The minimum Gasteiger partial charge on any atom is -0.507 e. The Morgan fingerprint density at radius 3 is 2.22 bits per heavy atom. The molecule has 2 aromatic rings. The molecule has 0 spiro atoms. The molecule has 2 aromatic carbocycles. The van der Waals surface area contributed by atoms with Crippen LogP contribution in [-0.2, 0) is 11.2 Å². The van der Waals surface area contributed by atoms with E-state index in [1.807, 2.05) is 20.8 Å². The Hall–Kier alpha value is -1.45. The lowest BCUT2D eigenvalue weighted by Crippen LogP contribution is -2.06. The van der Waals surface area contributed by atoms with Crippen LogP contribution >= 0.6 is 11.8 Å². The van der Waals surface area contributed by atoms with Crippen LogP contribution in [0.15, 0.2) is 41.3 Å². The molecule has 0 saturated carbocycles. The predicted molar refractivity (Wildman–Crippen MR) is 98.5 cm³/mol. The lowest BCUT2D eigenvalue weighted by atomic mass is 9.98. The number of aryl methyl sites for hydroxylation is 3. The van der Waals surface area contributed by atoms with Crippen molar-refractivity contribution in [2.75, 3.05) is 12.9 Å². The van der Waals surface area contributed by atoms with Gasteiger partial charge in [-0.25, -0.2) is 0 Å². The van der Waals surface area contributed by atoms with Crippen LogP contribution in [0.25, 0.3) is 0 Å². The van der Waals surface area contributed by atoms with Gasteiger partial charge in [0.2, 0.25) is 0 Å². The van der Waals surface area contributed by atoms with Crippen molar-refractivity contribution in [2.45, 2.75) is 44.6 Å². The van der Waals surface area contributed by atoms with Crippen molar-refractivity contribution in [2.24, 2.45) is 0 Å². The Kier molecular flexibility index (Phi) is 6.55. The summed E-state index contributed by atoms with van der Waals surface area (Å²) in [7, 11) is 0. The highest BCUT2D eigenvalue weighted by atomic mass is 32.2. The Labute approximate surface area is 143 Å². The predicted octanol–water partition coefficient (Wildman–Crippen LogP) is 5.44. The van der Waals surface area contributed by atoms with Gasteiger partial charge in [-0.05, 0) is 74.3 Å². The summed E-state index contributed by atoms with van der Waals surface area (Å²) in [6, 6.07) is 12.8. The summed E-state index contributed by atoms with van der Waals surface area (Å²) >= 11 is 1.75. The SMILES string of the molecule is CCOC(CCc1cc(C)c(O)c(C)c1)c1ccc(SC)cc1. The molecule has 1 unspecified atom stereocenters. The Balaban J connectivity index is 2.10. The highest BCUT2D eigenvalue weighted by Gasteiger charge is 2.13. The normalized spacial score (nSPS) is 12.3. The molecule has 0 aromatic heterocycles. The Bertz CT molecular complexity index is 612. The van der Waals surface area contributed by atoms with Gasteiger partial charge in [-0.2, -0.15) is 0 Å². The molecule has 0 saturated heterocycles. The van der Waals surface area contributed by atoms with Crippen molar-refractivity contribution in [1.82, 2.24) is 0 Å². The van der Waals surface area contributed by atoms with E-state index in [9.17, 15) is 5.11 Å². The molecule has 2 nitrogen and oxygen atoms in total. The van der Waals surface area contributed by atoms with Crippen molar-refractivity contribution >= 4 is 11.8 Å². The van der Waals surface area contributed by atoms with Crippen LogP contribution in [0.5, 0.6) is 5.75 Å². The van der Waals surface area contributed by atoms with Crippen LogP contribution in [0, 0.1) is 13.8 Å². The molecule has 124 valence electrons. The van der Waals surface area contributed by atoms with E-state index in [0.717, 1.165) is 24.0 Å². The molecule has 1 atom stereocenters. The minimum atomic E-state index is 0.116. The van der Waals surface area contributed by atoms with Gasteiger partial charge in [-0.15, -0.1) is 11.8 Å². The Morgan fingerprint density at radius 2 is 1.70 bits per heavy atom. The highest BCUT2D eigenvalue weighted by Crippen LogP contribution is 2.28. The maximum Gasteiger partial charge on any atom is 0.121 e.